The van der Waals surface area contributed by atoms with E-state index in [0.29, 0.717) is 5.92 Å². The van der Waals surface area contributed by atoms with Gasteiger partial charge in [0.15, 0.2) is 0 Å². The van der Waals surface area contributed by atoms with Crippen LogP contribution in [-0.4, -0.2) is 12.5 Å². The zero-order chi connectivity index (χ0) is 11.7. The molecular formula is C13H18N2O. The summed E-state index contributed by atoms with van der Waals surface area (Å²) in [6.07, 6.45) is 1.01. The van der Waals surface area contributed by atoms with Crippen molar-refractivity contribution < 1.29 is 4.79 Å². The van der Waals surface area contributed by atoms with E-state index in [0.717, 1.165) is 24.2 Å². The molecule has 1 heterocycles. The summed E-state index contributed by atoms with van der Waals surface area (Å²) in [6, 6.07) is 7.32. The molecule has 0 saturated heterocycles. The summed E-state index contributed by atoms with van der Waals surface area (Å²) < 4.78 is 0. The zero-order valence-corrected chi connectivity index (χ0v) is 9.81. The largest absolute Gasteiger partial charge is 0.316 e. The summed E-state index contributed by atoms with van der Waals surface area (Å²) in [5, 5.41) is 0. The molecule has 0 aliphatic carbocycles. The van der Waals surface area contributed by atoms with E-state index in [9.17, 15) is 4.79 Å². The third-order valence-electron chi connectivity index (χ3n) is 3.02. The fourth-order valence-corrected chi connectivity index (χ4v) is 2.03. The number of anilines is 1. The van der Waals surface area contributed by atoms with Gasteiger partial charge in [-0.2, -0.15) is 0 Å². The Bertz CT molecular complexity index is 401. The predicted octanol–water partition coefficient (Wildman–Crippen LogP) is 2.08. The van der Waals surface area contributed by atoms with Gasteiger partial charge < -0.3 is 10.6 Å². The van der Waals surface area contributed by atoms with E-state index in [1.54, 1.807) is 0 Å². The quantitative estimate of drug-likeness (QED) is 0.844. The molecule has 2 rings (SSSR count). The minimum absolute atomic E-state index is 0.0295. The van der Waals surface area contributed by atoms with Crippen LogP contribution in [0.4, 0.5) is 5.69 Å². The van der Waals surface area contributed by atoms with E-state index < -0.39 is 6.04 Å². The Morgan fingerprint density at radius 3 is 2.75 bits per heavy atom. The van der Waals surface area contributed by atoms with E-state index in [2.05, 4.69) is 13.8 Å². The first-order chi connectivity index (χ1) is 7.61. The number of carbonyl (C=O) groups is 1. The topological polar surface area (TPSA) is 46.3 Å². The van der Waals surface area contributed by atoms with E-state index >= 15 is 0 Å². The number of rotatable bonds is 3. The number of hydrogen-bond acceptors (Lipinski definition) is 2. The van der Waals surface area contributed by atoms with E-state index in [1.807, 2.05) is 29.2 Å². The molecule has 0 aromatic heterocycles. The van der Waals surface area contributed by atoms with Gasteiger partial charge in [-0.05, 0) is 18.4 Å². The minimum atomic E-state index is -0.469. The molecule has 86 valence electrons. The predicted molar refractivity (Wildman–Crippen MR) is 65.2 cm³/mol. The molecule has 0 bridgehead atoms. The average molecular weight is 218 g/mol. The Labute approximate surface area is 96.2 Å². The maximum atomic E-state index is 12.0. The Hall–Kier alpha value is -1.35. The van der Waals surface area contributed by atoms with Gasteiger partial charge in [-0.15, -0.1) is 0 Å². The van der Waals surface area contributed by atoms with Crippen LogP contribution in [0.15, 0.2) is 24.3 Å². The van der Waals surface area contributed by atoms with Crippen LogP contribution >= 0.6 is 0 Å². The maximum absolute atomic E-state index is 12.0. The highest BCUT2D eigenvalue weighted by Gasteiger charge is 2.33. The van der Waals surface area contributed by atoms with Crippen molar-refractivity contribution in [2.45, 2.75) is 26.3 Å². The number of benzene rings is 1. The lowest BCUT2D eigenvalue weighted by Crippen LogP contribution is -2.33. The fraction of sp³-hybridized carbons (Fsp3) is 0.462. The van der Waals surface area contributed by atoms with Crippen LogP contribution in [0.3, 0.4) is 0 Å². The zero-order valence-electron chi connectivity index (χ0n) is 9.81. The number of para-hydroxylation sites is 1. The van der Waals surface area contributed by atoms with Gasteiger partial charge in [-0.25, -0.2) is 0 Å². The number of nitrogens with two attached hydrogens (primary N) is 1. The molecule has 0 radical (unpaired) electrons. The summed E-state index contributed by atoms with van der Waals surface area (Å²) in [4.78, 5) is 13.8. The van der Waals surface area contributed by atoms with Crippen LogP contribution in [0.25, 0.3) is 0 Å². The van der Waals surface area contributed by atoms with Crippen molar-refractivity contribution in [1.82, 2.24) is 0 Å². The lowest BCUT2D eigenvalue weighted by atomic mass is 10.1. The van der Waals surface area contributed by atoms with Crippen molar-refractivity contribution in [2.24, 2.45) is 11.7 Å². The third kappa shape index (κ3) is 1.83. The standard InChI is InChI=1S/C13H18N2O/c1-9(2)7-8-15-11-6-4-3-5-10(11)12(14)13(15)16/h3-6,9,12H,7-8,14H2,1-2H3/t12-/m1/s1. The molecule has 0 fully saturated rings. The minimum Gasteiger partial charge on any atom is -0.316 e. The smallest absolute Gasteiger partial charge is 0.248 e. The number of nitrogens with zero attached hydrogens (tertiary/aromatic N) is 1. The van der Waals surface area contributed by atoms with Crippen LogP contribution in [0, 0.1) is 5.92 Å². The van der Waals surface area contributed by atoms with Gasteiger partial charge >= 0.3 is 0 Å². The molecule has 3 nitrogen and oxygen atoms in total. The molecule has 0 unspecified atom stereocenters. The first-order valence-corrected chi connectivity index (χ1v) is 5.77. The van der Waals surface area contributed by atoms with Crippen LogP contribution in [0.2, 0.25) is 0 Å². The second-order valence-corrected chi connectivity index (χ2v) is 4.71. The molecule has 3 heteroatoms. The van der Waals surface area contributed by atoms with Gasteiger partial charge in [0.05, 0.1) is 0 Å². The number of amides is 1. The molecule has 16 heavy (non-hydrogen) atoms. The molecule has 0 saturated carbocycles. The van der Waals surface area contributed by atoms with Gasteiger partial charge in [0.25, 0.3) is 0 Å². The van der Waals surface area contributed by atoms with Crippen LogP contribution in [0.1, 0.15) is 31.9 Å². The average Bonchev–Trinajstić information content (AvgIpc) is 2.50. The molecular weight excluding hydrogens is 200 g/mol. The lowest BCUT2D eigenvalue weighted by Gasteiger charge is -2.18. The summed E-state index contributed by atoms with van der Waals surface area (Å²) in [5.74, 6) is 0.624. The molecule has 2 N–H and O–H groups in total. The molecule has 1 aliphatic rings. The Morgan fingerprint density at radius 1 is 1.38 bits per heavy atom. The second-order valence-electron chi connectivity index (χ2n) is 4.71. The van der Waals surface area contributed by atoms with E-state index in [1.165, 1.54) is 0 Å². The molecule has 1 amide bonds. The van der Waals surface area contributed by atoms with Crippen molar-refractivity contribution in [2.75, 3.05) is 11.4 Å². The Balaban J connectivity index is 2.23. The van der Waals surface area contributed by atoms with Gasteiger partial charge in [0.2, 0.25) is 5.91 Å². The van der Waals surface area contributed by atoms with Gasteiger partial charge in [-0.3, -0.25) is 4.79 Å². The second kappa shape index (κ2) is 4.26. The van der Waals surface area contributed by atoms with Crippen LogP contribution in [-0.2, 0) is 4.79 Å². The molecule has 0 spiro atoms. The van der Waals surface area contributed by atoms with Crippen molar-refractivity contribution >= 4 is 11.6 Å². The van der Waals surface area contributed by atoms with Crippen molar-refractivity contribution in [3.8, 4) is 0 Å². The van der Waals surface area contributed by atoms with Gasteiger partial charge in [0, 0.05) is 17.8 Å². The van der Waals surface area contributed by atoms with Crippen molar-refractivity contribution in [3.63, 3.8) is 0 Å². The summed E-state index contributed by atoms with van der Waals surface area (Å²) >= 11 is 0. The van der Waals surface area contributed by atoms with E-state index in [-0.39, 0.29) is 5.91 Å². The monoisotopic (exact) mass is 218 g/mol. The van der Waals surface area contributed by atoms with Crippen molar-refractivity contribution in [1.29, 1.82) is 0 Å². The number of hydrogen-bond donors (Lipinski definition) is 1. The summed E-state index contributed by atoms with van der Waals surface area (Å²) in [7, 11) is 0. The molecule has 1 aliphatic heterocycles. The summed E-state index contributed by atoms with van der Waals surface area (Å²) in [6.45, 7) is 5.08. The van der Waals surface area contributed by atoms with Gasteiger partial charge in [0.1, 0.15) is 6.04 Å². The highest BCUT2D eigenvalue weighted by molar-refractivity contribution is 6.04. The third-order valence-corrected chi connectivity index (χ3v) is 3.02. The van der Waals surface area contributed by atoms with E-state index in [4.69, 9.17) is 5.73 Å². The lowest BCUT2D eigenvalue weighted by molar-refractivity contribution is -0.119. The first-order valence-electron chi connectivity index (χ1n) is 5.77. The molecule has 1 aromatic rings. The normalized spacial score (nSPS) is 19.4. The first kappa shape index (κ1) is 11.1. The maximum Gasteiger partial charge on any atom is 0.248 e. The van der Waals surface area contributed by atoms with Crippen LogP contribution in [0.5, 0.6) is 0 Å². The molecule has 1 aromatic carbocycles. The van der Waals surface area contributed by atoms with Crippen LogP contribution < -0.4 is 10.6 Å². The number of carbonyl (C=O) groups excluding carboxylic acids is 1. The van der Waals surface area contributed by atoms with Crippen molar-refractivity contribution in [3.05, 3.63) is 29.8 Å². The highest BCUT2D eigenvalue weighted by atomic mass is 16.2. The SMILES string of the molecule is CC(C)CCN1C(=O)[C@H](N)c2ccccc21. The fourth-order valence-electron chi connectivity index (χ4n) is 2.03. The Morgan fingerprint density at radius 2 is 2.06 bits per heavy atom. The number of fused-ring (bicyclic) bond motifs is 1. The summed E-state index contributed by atoms with van der Waals surface area (Å²) in [5.41, 5.74) is 7.84. The highest BCUT2D eigenvalue weighted by Crippen LogP contribution is 2.34. The molecule has 1 atom stereocenters. The Kier molecular flexibility index (Phi) is 2.97. The van der Waals surface area contributed by atoms with Gasteiger partial charge in [-0.1, -0.05) is 32.0 Å².